The fourth-order valence-electron chi connectivity index (χ4n) is 1.49. The largest absolute Gasteiger partial charge is 0.374 e. The van der Waals surface area contributed by atoms with Gasteiger partial charge >= 0.3 is 0 Å². The Kier molecular flexibility index (Phi) is 2.92. The van der Waals surface area contributed by atoms with Crippen molar-refractivity contribution < 1.29 is 4.74 Å². The molecule has 0 unspecified atom stereocenters. The van der Waals surface area contributed by atoms with Gasteiger partial charge in [-0.2, -0.15) is 0 Å². The molecular weight excluding hydrogens is 152 g/mol. The molecule has 2 N–H and O–H groups in total. The quantitative estimate of drug-likeness (QED) is 0.500. The Labute approximate surface area is 66.9 Å². The standard InChI is InChI=1S/C6H12N2O.ClH/c1-2-9-6-4-7-3-5(6)8-1;/h5-8H,1-4H2;1H/t5-,6+;/m1./s1. The molecule has 3 nitrogen and oxygen atoms in total. The first-order valence-electron chi connectivity index (χ1n) is 3.52. The van der Waals surface area contributed by atoms with Gasteiger partial charge in [0.2, 0.25) is 0 Å². The van der Waals surface area contributed by atoms with Crippen molar-refractivity contribution in [2.24, 2.45) is 0 Å². The Balaban J connectivity index is 0.000000500. The van der Waals surface area contributed by atoms with Crippen molar-refractivity contribution in [3.05, 3.63) is 0 Å². The van der Waals surface area contributed by atoms with Gasteiger partial charge in [0.1, 0.15) is 0 Å². The number of hydrogen-bond acceptors (Lipinski definition) is 3. The second-order valence-corrected chi connectivity index (χ2v) is 2.63. The Morgan fingerprint density at radius 2 is 2.20 bits per heavy atom. The first-order valence-corrected chi connectivity index (χ1v) is 3.52. The van der Waals surface area contributed by atoms with Crippen LogP contribution in [0.5, 0.6) is 0 Å². The van der Waals surface area contributed by atoms with Crippen LogP contribution in [0.2, 0.25) is 0 Å². The van der Waals surface area contributed by atoms with E-state index in [0.29, 0.717) is 12.1 Å². The van der Waals surface area contributed by atoms with Crippen LogP contribution in [0.4, 0.5) is 0 Å². The van der Waals surface area contributed by atoms with Crippen molar-refractivity contribution in [1.29, 1.82) is 0 Å². The van der Waals surface area contributed by atoms with Gasteiger partial charge in [0.05, 0.1) is 12.7 Å². The molecule has 2 fully saturated rings. The average Bonchev–Trinajstić information content (AvgIpc) is 2.33. The van der Waals surface area contributed by atoms with Crippen molar-refractivity contribution in [3.63, 3.8) is 0 Å². The first-order chi connectivity index (χ1) is 4.47. The number of fused-ring (bicyclic) bond motifs is 1. The summed E-state index contributed by atoms with van der Waals surface area (Å²) in [6.07, 6.45) is 0.443. The first kappa shape index (κ1) is 8.27. The second-order valence-electron chi connectivity index (χ2n) is 2.63. The van der Waals surface area contributed by atoms with Crippen LogP contribution >= 0.6 is 12.4 Å². The van der Waals surface area contributed by atoms with Gasteiger partial charge in [0, 0.05) is 25.7 Å². The van der Waals surface area contributed by atoms with E-state index in [1.807, 2.05) is 0 Å². The van der Waals surface area contributed by atoms with Crippen LogP contribution in [-0.4, -0.2) is 38.4 Å². The molecule has 2 aliphatic heterocycles. The summed E-state index contributed by atoms with van der Waals surface area (Å²) in [7, 11) is 0. The molecule has 2 aliphatic rings. The van der Waals surface area contributed by atoms with E-state index in [2.05, 4.69) is 10.6 Å². The van der Waals surface area contributed by atoms with Crippen molar-refractivity contribution in [2.45, 2.75) is 12.1 Å². The minimum atomic E-state index is 0. The van der Waals surface area contributed by atoms with E-state index in [1.54, 1.807) is 0 Å². The summed E-state index contributed by atoms with van der Waals surface area (Å²) in [5.74, 6) is 0. The van der Waals surface area contributed by atoms with E-state index >= 15 is 0 Å². The number of ether oxygens (including phenoxy) is 1. The minimum Gasteiger partial charge on any atom is -0.374 e. The highest BCUT2D eigenvalue weighted by atomic mass is 35.5. The maximum Gasteiger partial charge on any atom is 0.0865 e. The molecule has 2 heterocycles. The second kappa shape index (κ2) is 3.53. The maximum atomic E-state index is 5.48. The van der Waals surface area contributed by atoms with E-state index in [-0.39, 0.29) is 12.4 Å². The van der Waals surface area contributed by atoms with Crippen molar-refractivity contribution in [3.8, 4) is 0 Å². The summed E-state index contributed by atoms with van der Waals surface area (Å²) < 4.78 is 5.48. The van der Waals surface area contributed by atoms with E-state index in [1.165, 1.54) is 0 Å². The van der Waals surface area contributed by atoms with Gasteiger partial charge in [0.15, 0.2) is 0 Å². The third-order valence-corrected chi connectivity index (χ3v) is 2.00. The zero-order chi connectivity index (χ0) is 6.10. The summed E-state index contributed by atoms with van der Waals surface area (Å²) >= 11 is 0. The zero-order valence-corrected chi connectivity index (χ0v) is 6.62. The lowest BCUT2D eigenvalue weighted by Crippen LogP contribution is -2.47. The summed E-state index contributed by atoms with van der Waals surface area (Å²) in [4.78, 5) is 0. The highest BCUT2D eigenvalue weighted by molar-refractivity contribution is 5.85. The SMILES string of the molecule is C1CO[C@H]2CNC[C@H]2N1.Cl. The van der Waals surface area contributed by atoms with E-state index in [9.17, 15) is 0 Å². The van der Waals surface area contributed by atoms with E-state index < -0.39 is 0 Å². The highest BCUT2D eigenvalue weighted by Gasteiger charge is 2.29. The Morgan fingerprint density at radius 1 is 1.30 bits per heavy atom. The van der Waals surface area contributed by atoms with Crippen LogP contribution in [0, 0.1) is 0 Å². The molecule has 0 amide bonds. The molecule has 10 heavy (non-hydrogen) atoms. The monoisotopic (exact) mass is 164 g/mol. The van der Waals surface area contributed by atoms with Gasteiger partial charge in [-0.15, -0.1) is 12.4 Å². The van der Waals surface area contributed by atoms with Crippen molar-refractivity contribution >= 4 is 12.4 Å². The number of rotatable bonds is 0. The normalized spacial score (nSPS) is 38.4. The summed E-state index contributed by atoms with van der Waals surface area (Å²) in [6.45, 7) is 3.99. The topological polar surface area (TPSA) is 33.3 Å². The molecule has 0 aromatic heterocycles. The van der Waals surface area contributed by atoms with Gasteiger partial charge in [-0.3, -0.25) is 0 Å². The zero-order valence-electron chi connectivity index (χ0n) is 5.80. The summed E-state index contributed by atoms with van der Waals surface area (Å²) in [5.41, 5.74) is 0. The van der Waals surface area contributed by atoms with Crippen molar-refractivity contribution in [2.75, 3.05) is 26.2 Å². The third kappa shape index (κ3) is 1.42. The maximum absolute atomic E-state index is 5.48. The lowest BCUT2D eigenvalue weighted by Gasteiger charge is -2.25. The molecule has 2 rings (SSSR count). The van der Waals surface area contributed by atoms with E-state index in [0.717, 1.165) is 26.2 Å². The molecule has 0 radical (unpaired) electrons. The van der Waals surface area contributed by atoms with Crippen LogP contribution in [0.1, 0.15) is 0 Å². The van der Waals surface area contributed by atoms with Gasteiger partial charge in [-0.05, 0) is 0 Å². The lowest BCUT2D eigenvalue weighted by molar-refractivity contribution is 0.0207. The van der Waals surface area contributed by atoms with Gasteiger partial charge in [-0.1, -0.05) is 0 Å². The van der Waals surface area contributed by atoms with Gasteiger partial charge in [0.25, 0.3) is 0 Å². The van der Waals surface area contributed by atoms with Crippen LogP contribution < -0.4 is 10.6 Å². The fraction of sp³-hybridized carbons (Fsp3) is 1.00. The van der Waals surface area contributed by atoms with Crippen LogP contribution in [0.15, 0.2) is 0 Å². The smallest absolute Gasteiger partial charge is 0.0865 e. The number of hydrogen-bond donors (Lipinski definition) is 2. The molecule has 0 aromatic rings. The number of nitrogens with one attached hydrogen (secondary N) is 2. The minimum absolute atomic E-state index is 0. The third-order valence-electron chi connectivity index (χ3n) is 2.00. The Hall–Kier alpha value is 0.170. The molecule has 2 saturated heterocycles. The Bertz CT molecular complexity index is 99.9. The molecule has 0 spiro atoms. The fourth-order valence-corrected chi connectivity index (χ4v) is 1.49. The molecule has 60 valence electrons. The predicted octanol–water partition coefficient (Wildman–Crippen LogP) is -0.632. The number of morpholine rings is 1. The predicted molar refractivity (Wildman–Crippen MR) is 41.6 cm³/mol. The molecular formula is C6H13ClN2O. The lowest BCUT2D eigenvalue weighted by atomic mass is 10.2. The average molecular weight is 165 g/mol. The Morgan fingerprint density at radius 3 is 3.00 bits per heavy atom. The summed E-state index contributed by atoms with van der Waals surface area (Å²) in [6, 6.07) is 0.582. The molecule has 0 aliphatic carbocycles. The van der Waals surface area contributed by atoms with Crippen LogP contribution in [0.3, 0.4) is 0 Å². The molecule has 0 aromatic carbocycles. The van der Waals surface area contributed by atoms with Crippen LogP contribution in [0.25, 0.3) is 0 Å². The highest BCUT2D eigenvalue weighted by Crippen LogP contribution is 2.07. The molecule has 4 heteroatoms. The molecule has 2 atom stereocenters. The van der Waals surface area contributed by atoms with Crippen molar-refractivity contribution in [1.82, 2.24) is 10.6 Å². The molecule has 0 saturated carbocycles. The van der Waals surface area contributed by atoms with Crippen LogP contribution in [-0.2, 0) is 4.74 Å². The van der Waals surface area contributed by atoms with E-state index in [4.69, 9.17) is 4.74 Å². The number of halogens is 1. The van der Waals surface area contributed by atoms with Gasteiger partial charge in [-0.25, -0.2) is 0 Å². The molecule has 0 bridgehead atoms. The van der Waals surface area contributed by atoms with Gasteiger partial charge < -0.3 is 15.4 Å². The summed E-state index contributed by atoms with van der Waals surface area (Å²) in [5, 5.41) is 6.67.